The normalized spacial score (nSPS) is 16.5. The summed E-state index contributed by atoms with van der Waals surface area (Å²) in [4.78, 5) is 75.4. The highest BCUT2D eigenvalue weighted by molar-refractivity contribution is 6.06. The molecule has 3 aromatic carbocycles. The summed E-state index contributed by atoms with van der Waals surface area (Å²) in [5.41, 5.74) is 8.38. The third-order valence-electron chi connectivity index (χ3n) is 10.2. The molecule has 4 aromatic rings. The molecule has 0 spiro atoms. The first-order valence-corrected chi connectivity index (χ1v) is 19.8. The van der Waals surface area contributed by atoms with Crippen LogP contribution in [0.4, 0.5) is 23.0 Å². The summed E-state index contributed by atoms with van der Waals surface area (Å²) in [7, 11) is 0. The SMILES string of the molecule is Cc1cccc(/C=N/Nc2cc(N3CCOCC3)nc(OCCc3ccc(NC(=O)CCCCC(=O)Nc4cccc5c4CN(C4CCC(=O)NC4=O)C5=O)cc3)n2)c1. The second-order valence-corrected chi connectivity index (χ2v) is 14.6. The Kier molecular flexibility index (Phi) is 13.2. The summed E-state index contributed by atoms with van der Waals surface area (Å²) < 4.78 is 11.5. The van der Waals surface area contributed by atoms with Crippen molar-refractivity contribution in [3.05, 3.63) is 101 Å². The number of unbranched alkanes of at least 4 members (excludes halogenated alkanes) is 1. The number of anilines is 4. The number of hydrogen-bond acceptors (Lipinski definition) is 12. The molecule has 1 atom stereocenters. The molecule has 306 valence electrons. The van der Waals surface area contributed by atoms with E-state index in [1.54, 1.807) is 24.4 Å². The van der Waals surface area contributed by atoms with Gasteiger partial charge in [0.15, 0.2) is 5.82 Å². The molecule has 0 radical (unpaired) electrons. The molecule has 59 heavy (non-hydrogen) atoms. The summed E-state index contributed by atoms with van der Waals surface area (Å²) in [6.45, 7) is 5.18. The summed E-state index contributed by atoms with van der Waals surface area (Å²) in [5.74, 6) is -0.291. The Morgan fingerprint density at radius 1 is 0.949 bits per heavy atom. The third kappa shape index (κ3) is 10.8. The van der Waals surface area contributed by atoms with Gasteiger partial charge >= 0.3 is 6.01 Å². The Balaban J connectivity index is 0.834. The lowest BCUT2D eigenvalue weighted by Gasteiger charge is -2.29. The first-order valence-electron chi connectivity index (χ1n) is 19.8. The van der Waals surface area contributed by atoms with Gasteiger partial charge in [0.05, 0.1) is 26.0 Å². The number of hydrazone groups is 1. The van der Waals surface area contributed by atoms with Gasteiger partial charge in [-0.2, -0.15) is 15.1 Å². The van der Waals surface area contributed by atoms with Gasteiger partial charge in [-0.05, 0) is 61.6 Å². The van der Waals surface area contributed by atoms with Crippen molar-refractivity contribution in [3.8, 4) is 6.01 Å². The van der Waals surface area contributed by atoms with Crippen LogP contribution in [0.25, 0.3) is 0 Å². The van der Waals surface area contributed by atoms with Crippen LogP contribution < -0.4 is 31.0 Å². The fraction of sp³-hybridized carbons (Fsp3) is 0.349. The molecular weight excluding hydrogens is 755 g/mol. The van der Waals surface area contributed by atoms with Gasteiger partial charge in [0.1, 0.15) is 11.9 Å². The van der Waals surface area contributed by atoms with Crippen LogP contribution in [0.1, 0.15) is 71.1 Å². The standard InChI is InChI=1S/C43H47N9O7/c1-28-6-4-7-30(24-28)26-44-50-36-25-37(51-19-22-58-23-20-51)48-43(47-36)59-21-18-29-12-14-31(15-13-29)45-38(53)10-2-3-11-39(54)46-34-9-5-8-32-33(34)27-52(42(32)57)35-16-17-40(55)49-41(35)56/h4-9,12-15,24-26,35H,2-3,10-11,16-23,27H2,1H3,(H,45,53)(H,46,54)(H,47,48,50)(H,49,55,56)/b44-26+. The van der Waals surface area contributed by atoms with E-state index in [1.807, 2.05) is 61.5 Å². The van der Waals surface area contributed by atoms with Crippen LogP contribution in [-0.4, -0.2) is 89.6 Å². The van der Waals surface area contributed by atoms with Gasteiger partial charge in [-0.3, -0.25) is 34.7 Å². The maximum atomic E-state index is 13.1. The number of hydrogen-bond donors (Lipinski definition) is 4. The van der Waals surface area contributed by atoms with E-state index in [0.29, 0.717) is 80.5 Å². The summed E-state index contributed by atoms with van der Waals surface area (Å²) >= 11 is 0. The minimum atomic E-state index is -0.736. The zero-order chi connectivity index (χ0) is 41.1. The lowest BCUT2D eigenvalue weighted by atomic mass is 10.0. The van der Waals surface area contributed by atoms with E-state index < -0.39 is 11.9 Å². The van der Waals surface area contributed by atoms with Gasteiger partial charge in [0.25, 0.3) is 5.91 Å². The van der Waals surface area contributed by atoms with Crippen molar-refractivity contribution in [1.82, 2.24) is 20.2 Å². The Hall–Kier alpha value is -6.68. The van der Waals surface area contributed by atoms with Crippen molar-refractivity contribution in [2.45, 2.75) is 64.5 Å². The Labute approximate surface area is 341 Å². The van der Waals surface area contributed by atoms with Gasteiger partial charge in [-0.15, -0.1) is 0 Å². The molecule has 1 unspecified atom stereocenters. The predicted octanol–water partition coefficient (Wildman–Crippen LogP) is 4.59. The van der Waals surface area contributed by atoms with Crippen molar-refractivity contribution in [3.63, 3.8) is 0 Å². The highest BCUT2D eigenvalue weighted by atomic mass is 16.5. The number of imide groups is 1. The molecule has 3 aliphatic heterocycles. The smallest absolute Gasteiger partial charge is 0.320 e. The van der Waals surface area contributed by atoms with Crippen LogP contribution in [0.3, 0.4) is 0 Å². The summed E-state index contributed by atoms with van der Waals surface area (Å²) in [6, 6.07) is 22.0. The largest absolute Gasteiger partial charge is 0.463 e. The number of aryl methyl sites for hydroxylation is 1. The molecule has 16 nitrogen and oxygen atoms in total. The Morgan fingerprint density at radius 2 is 1.71 bits per heavy atom. The summed E-state index contributed by atoms with van der Waals surface area (Å²) in [5, 5.41) is 12.5. The van der Waals surface area contributed by atoms with Crippen LogP contribution in [0.5, 0.6) is 6.01 Å². The van der Waals surface area contributed by atoms with E-state index in [9.17, 15) is 24.0 Å². The number of morpholine rings is 1. The molecule has 4 heterocycles. The van der Waals surface area contributed by atoms with Crippen molar-refractivity contribution in [2.75, 3.05) is 53.9 Å². The lowest BCUT2D eigenvalue weighted by Crippen LogP contribution is -2.52. The summed E-state index contributed by atoms with van der Waals surface area (Å²) in [6.07, 6.45) is 4.20. The van der Waals surface area contributed by atoms with Crippen LogP contribution in [0.2, 0.25) is 0 Å². The lowest BCUT2D eigenvalue weighted by molar-refractivity contribution is -0.137. The van der Waals surface area contributed by atoms with Crippen LogP contribution >= 0.6 is 0 Å². The average Bonchev–Trinajstić information content (AvgIpc) is 3.57. The highest BCUT2D eigenvalue weighted by Crippen LogP contribution is 2.32. The monoisotopic (exact) mass is 801 g/mol. The number of fused-ring (bicyclic) bond motifs is 1. The Morgan fingerprint density at radius 3 is 2.47 bits per heavy atom. The van der Waals surface area contributed by atoms with Gasteiger partial charge in [-0.1, -0.05) is 48.0 Å². The van der Waals surface area contributed by atoms with Crippen LogP contribution in [-0.2, 0) is 36.9 Å². The molecule has 1 aromatic heterocycles. The number of aromatic nitrogens is 2. The topological polar surface area (TPSA) is 197 Å². The quantitative estimate of drug-likeness (QED) is 0.0536. The van der Waals surface area contributed by atoms with Crippen LogP contribution in [0.15, 0.2) is 77.9 Å². The molecule has 2 fully saturated rings. The molecule has 3 aliphatic rings. The number of benzene rings is 3. The minimum Gasteiger partial charge on any atom is -0.463 e. The van der Waals surface area contributed by atoms with Gasteiger partial charge in [-0.25, -0.2) is 0 Å². The first-order chi connectivity index (χ1) is 28.7. The number of piperidine rings is 1. The maximum absolute atomic E-state index is 13.1. The number of nitrogens with one attached hydrogen (secondary N) is 4. The van der Waals surface area contributed by atoms with Crippen molar-refractivity contribution in [1.29, 1.82) is 0 Å². The van der Waals surface area contributed by atoms with E-state index in [1.165, 1.54) is 4.90 Å². The zero-order valence-corrected chi connectivity index (χ0v) is 32.9. The molecule has 7 rings (SSSR count). The average molecular weight is 802 g/mol. The van der Waals surface area contributed by atoms with E-state index in [2.05, 4.69) is 41.3 Å². The number of nitrogens with zero attached hydrogens (tertiary/aromatic N) is 5. The Bertz CT molecular complexity index is 2220. The zero-order valence-electron chi connectivity index (χ0n) is 32.9. The third-order valence-corrected chi connectivity index (χ3v) is 10.2. The number of rotatable bonds is 16. The van der Waals surface area contributed by atoms with Crippen molar-refractivity contribution in [2.24, 2.45) is 5.10 Å². The van der Waals surface area contributed by atoms with Gasteiger partial charge in [0.2, 0.25) is 23.6 Å². The number of carbonyl (C=O) groups is 5. The molecular formula is C43H47N9O7. The molecule has 0 bridgehead atoms. The molecule has 0 aliphatic carbocycles. The fourth-order valence-electron chi connectivity index (χ4n) is 7.14. The van der Waals surface area contributed by atoms with Crippen LogP contribution in [0, 0.1) is 6.92 Å². The highest BCUT2D eigenvalue weighted by Gasteiger charge is 2.40. The molecule has 5 amide bonds. The number of amides is 5. The molecule has 0 saturated carbocycles. The first kappa shape index (κ1) is 40.5. The molecule has 2 saturated heterocycles. The van der Waals surface area contributed by atoms with Crippen molar-refractivity contribution < 1.29 is 33.4 Å². The van der Waals surface area contributed by atoms with E-state index >= 15 is 0 Å². The second-order valence-electron chi connectivity index (χ2n) is 14.6. The second kappa shape index (κ2) is 19.2. The van der Waals surface area contributed by atoms with E-state index in [4.69, 9.17) is 9.47 Å². The number of carbonyl (C=O) groups excluding carboxylic acids is 5. The molecule has 16 heteroatoms. The minimum absolute atomic E-state index is 0.153. The number of ether oxygens (including phenoxy) is 2. The molecule has 4 N–H and O–H groups in total. The van der Waals surface area contributed by atoms with E-state index in [-0.39, 0.29) is 61.9 Å². The van der Waals surface area contributed by atoms with Gasteiger partial charge in [0, 0.05) is 73.9 Å². The predicted molar refractivity (Wildman–Crippen MR) is 221 cm³/mol. The fourth-order valence-corrected chi connectivity index (χ4v) is 7.14. The van der Waals surface area contributed by atoms with Gasteiger partial charge < -0.3 is 29.9 Å². The van der Waals surface area contributed by atoms with E-state index in [0.717, 1.165) is 22.5 Å². The van der Waals surface area contributed by atoms with Crippen molar-refractivity contribution >= 4 is 58.8 Å². The maximum Gasteiger partial charge on any atom is 0.320 e.